The molecule has 6 nitrogen and oxygen atoms in total. The number of sulfonamides is 1. The predicted molar refractivity (Wildman–Crippen MR) is 76.7 cm³/mol. The summed E-state index contributed by atoms with van der Waals surface area (Å²) in [7, 11) is -2.13. The fourth-order valence-electron chi connectivity index (χ4n) is 1.85. The number of hydrogen-bond acceptors (Lipinski definition) is 5. The Hall–Kier alpha value is -1.31. The molecule has 0 aliphatic rings. The molecule has 0 bridgehead atoms. The van der Waals surface area contributed by atoms with Gasteiger partial charge >= 0.3 is 0 Å². The number of nitrogens with zero attached hydrogens (tertiary/aromatic N) is 1. The molecule has 19 heavy (non-hydrogen) atoms. The third kappa shape index (κ3) is 3.82. The Bertz CT molecular complexity index is 511. The van der Waals surface area contributed by atoms with Crippen LogP contribution in [0, 0.1) is 0 Å². The standard InChI is InChI=1S/C12H21N3O3S/c1-3-6-15(7-8-16)12-5-4-10(9-11(12)13)19(17,18)14-2/h4-5,9,14,16H,3,6-8,13H2,1-2H3. The van der Waals surface area contributed by atoms with Crippen LogP contribution in [0.1, 0.15) is 13.3 Å². The molecule has 0 heterocycles. The van der Waals surface area contributed by atoms with Crippen LogP contribution >= 0.6 is 0 Å². The zero-order valence-electron chi connectivity index (χ0n) is 11.3. The Labute approximate surface area is 114 Å². The van der Waals surface area contributed by atoms with E-state index in [9.17, 15) is 8.42 Å². The lowest BCUT2D eigenvalue weighted by atomic mass is 10.2. The summed E-state index contributed by atoms with van der Waals surface area (Å²) < 4.78 is 25.6. The molecule has 0 amide bonds. The molecular formula is C12H21N3O3S. The minimum absolute atomic E-state index is 0.0238. The highest BCUT2D eigenvalue weighted by Crippen LogP contribution is 2.26. The molecule has 1 aromatic rings. The van der Waals surface area contributed by atoms with Crippen LogP contribution < -0.4 is 15.4 Å². The highest BCUT2D eigenvalue weighted by Gasteiger charge is 2.15. The van der Waals surface area contributed by atoms with E-state index in [1.165, 1.54) is 19.2 Å². The molecule has 0 fully saturated rings. The summed E-state index contributed by atoms with van der Waals surface area (Å²) in [5, 5.41) is 9.05. The van der Waals surface area contributed by atoms with Crippen molar-refractivity contribution in [3.8, 4) is 0 Å². The lowest BCUT2D eigenvalue weighted by Crippen LogP contribution is -2.28. The van der Waals surface area contributed by atoms with Crippen molar-refractivity contribution in [2.75, 3.05) is 37.4 Å². The van der Waals surface area contributed by atoms with E-state index in [0.717, 1.165) is 18.7 Å². The van der Waals surface area contributed by atoms with Gasteiger partial charge in [-0.1, -0.05) is 6.92 Å². The summed E-state index contributed by atoms with van der Waals surface area (Å²) in [4.78, 5) is 2.07. The molecule has 0 atom stereocenters. The van der Waals surface area contributed by atoms with Crippen LogP contribution in [-0.2, 0) is 10.0 Å². The molecule has 7 heteroatoms. The highest BCUT2D eigenvalue weighted by molar-refractivity contribution is 7.89. The quantitative estimate of drug-likeness (QED) is 0.630. The average molecular weight is 287 g/mol. The van der Waals surface area contributed by atoms with E-state index in [0.29, 0.717) is 12.2 Å². The van der Waals surface area contributed by atoms with E-state index < -0.39 is 10.0 Å². The zero-order chi connectivity index (χ0) is 14.5. The van der Waals surface area contributed by atoms with Crippen molar-refractivity contribution >= 4 is 21.4 Å². The van der Waals surface area contributed by atoms with Gasteiger partial charge in [-0.05, 0) is 31.7 Å². The monoisotopic (exact) mass is 287 g/mol. The van der Waals surface area contributed by atoms with Crippen molar-refractivity contribution in [3.05, 3.63) is 18.2 Å². The molecular weight excluding hydrogens is 266 g/mol. The molecule has 108 valence electrons. The smallest absolute Gasteiger partial charge is 0.240 e. The van der Waals surface area contributed by atoms with E-state index >= 15 is 0 Å². The summed E-state index contributed by atoms with van der Waals surface area (Å²) in [5.74, 6) is 0. The summed E-state index contributed by atoms with van der Waals surface area (Å²) in [6, 6.07) is 4.61. The van der Waals surface area contributed by atoms with Gasteiger partial charge in [0.2, 0.25) is 10.0 Å². The first-order valence-corrected chi connectivity index (χ1v) is 7.63. The molecule has 0 aromatic heterocycles. The number of aliphatic hydroxyl groups excluding tert-OH is 1. The van der Waals surface area contributed by atoms with Gasteiger partial charge in [-0.3, -0.25) is 0 Å². The second-order valence-corrected chi connectivity index (χ2v) is 6.03. The molecule has 0 saturated carbocycles. The maximum absolute atomic E-state index is 11.7. The summed E-state index contributed by atoms with van der Waals surface area (Å²) in [6.45, 7) is 3.27. The fraction of sp³-hybridized carbons (Fsp3) is 0.500. The summed E-state index contributed by atoms with van der Waals surface area (Å²) >= 11 is 0. The molecule has 1 aromatic carbocycles. The van der Waals surface area contributed by atoms with Crippen molar-refractivity contribution in [3.63, 3.8) is 0 Å². The summed E-state index contributed by atoms with van der Waals surface area (Å²) in [6.07, 6.45) is 0.913. The molecule has 0 radical (unpaired) electrons. The van der Waals surface area contributed by atoms with Crippen molar-refractivity contribution < 1.29 is 13.5 Å². The van der Waals surface area contributed by atoms with Crippen molar-refractivity contribution in [1.82, 2.24) is 4.72 Å². The largest absolute Gasteiger partial charge is 0.397 e. The van der Waals surface area contributed by atoms with Gasteiger partial charge in [0, 0.05) is 13.1 Å². The number of nitrogens with two attached hydrogens (primary N) is 1. The van der Waals surface area contributed by atoms with Crippen LogP contribution in [0.25, 0.3) is 0 Å². The first-order valence-electron chi connectivity index (χ1n) is 6.15. The Morgan fingerprint density at radius 1 is 1.37 bits per heavy atom. The Balaban J connectivity index is 3.12. The maximum Gasteiger partial charge on any atom is 0.240 e. The number of benzene rings is 1. The molecule has 4 N–H and O–H groups in total. The fourth-order valence-corrected chi connectivity index (χ4v) is 2.61. The lowest BCUT2D eigenvalue weighted by molar-refractivity contribution is 0.302. The number of nitrogens with one attached hydrogen (secondary N) is 1. The molecule has 0 saturated heterocycles. The minimum atomic E-state index is -3.49. The van der Waals surface area contributed by atoms with Crippen LogP contribution in [0.3, 0.4) is 0 Å². The number of nitrogen functional groups attached to an aromatic ring is 1. The molecule has 1 rings (SSSR count). The number of anilines is 2. The van der Waals surface area contributed by atoms with Crippen LogP contribution in [0.5, 0.6) is 0 Å². The number of aliphatic hydroxyl groups is 1. The molecule has 0 aliphatic carbocycles. The molecule has 0 spiro atoms. The van der Waals surface area contributed by atoms with E-state index in [-0.39, 0.29) is 11.5 Å². The van der Waals surface area contributed by atoms with Crippen LogP contribution in [-0.4, -0.2) is 40.3 Å². The Kier molecular flexibility index (Phi) is 5.59. The molecule has 0 aliphatic heterocycles. The summed E-state index contributed by atoms with van der Waals surface area (Å²) in [5.41, 5.74) is 7.05. The Morgan fingerprint density at radius 3 is 2.53 bits per heavy atom. The van der Waals surface area contributed by atoms with Crippen LogP contribution in [0.2, 0.25) is 0 Å². The third-order valence-corrected chi connectivity index (χ3v) is 4.19. The minimum Gasteiger partial charge on any atom is -0.397 e. The SMILES string of the molecule is CCCN(CCO)c1ccc(S(=O)(=O)NC)cc1N. The van der Waals surface area contributed by atoms with Gasteiger partial charge in [-0.2, -0.15) is 0 Å². The van der Waals surface area contributed by atoms with Gasteiger partial charge in [0.1, 0.15) is 0 Å². The highest BCUT2D eigenvalue weighted by atomic mass is 32.2. The van der Waals surface area contributed by atoms with Gasteiger partial charge in [-0.25, -0.2) is 13.1 Å². The van der Waals surface area contributed by atoms with E-state index in [2.05, 4.69) is 4.72 Å². The predicted octanol–water partition coefficient (Wildman–Crippen LogP) is 0.386. The second kappa shape index (κ2) is 6.74. The van der Waals surface area contributed by atoms with E-state index in [4.69, 9.17) is 10.8 Å². The van der Waals surface area contributed by atoms with Gasteiger partial charge in [0.15, 0.2) is 0 Å². The van der Waals surface area contributed by atoms with Crippen LogP contribution in [0.4, 0.5) is 11.4 Å². The first kappa shape index (κ1) is 15.7. The van der Waals surface area contributed by atoms with Gasteiger partial charge in [0.25, 0.3) is 0 Å². The van der Waals surface area contributed by atoms with Gasteiger partial charge in [-0.15, -0.1) is 0 Å². The third-order valence-electron chi connectivity index (χ3n) is 2.78. The normalized spacial score (nSPS) is 11.5. The molecule has 0 unspecified atom stereocenters. The number of hydrogen-bond donors (Lipinski definition) is 3. The second-order valence-electron chi connectivity index (χ2n) is 4.14. The van der Waals surface area contributed by atoms with Gasteiger partial charge < -0.3 is 15.7 Å². The zero-order valence-corrected chi connectivity index (χ0v) is 12.1. The number of rotatable bonds is 7. The van der Waals surface area contributed by atoms with Crippen molar-refractivity contribution in [1.29, 1.82) is 0 Å². The van der Waals surface area contributed by atoms with E-state index in [1.54, 1.807) is 6.07 Å². The van der Waals surface area contributed by atoms with Crippen molar-refractivity contribution in [2.24, 2.45) is 0 Å². The Morgan fingerprint density at radius 2 is 2.05 bits per heavy atom. The van der Waals surface area contributed by atoms with E-state index in [1.807, 2.05) is 11.8 Å². The van der Waals surface area contributed by atoms with Crippen LogP contribution in [0.15, 0.2) is 23.1 Å². The lowest BCUT2D eigenvalue weighted by Gasteiger charge is -2.25. The average Bonchev–Trinajstić information content (AvgIpc) is 2.38. The van der Waals surface area contributed by atoms with Crippen molar-refractivity contribution in [2.45, 2.75) is 18.2 Å². The topological polar surface area (TPSA) is 95.7 Å². The van der Waals surface area contributed by atoms with Gasteiger partial charge in [0.05, 0.1) is 22.9 Å². The first-order chi connectivity index (χ1) is 8.96. The maximum atomic E-state index is 11.7.